The number of hydrogen-bond donors (Lipinski definition) is 0. The van der Waals surface area contributed by atoms with E-state index in [-0.39, 0.29) is 0 Å². The van der Waals surface area contributed by atoms with E-state index in [1.165, 1.54) is 30.5 Å². The van der Waals surface area contributed by atoms with E-state index < -0.39 is 0 Å². The Balaban J connectivity index is 2.13. The second kappa shape index (κ2) is 4.52. The van der Waals surface area contributed by atoms with E-state index in [9.17, 15) is 0 Å². The van der Waals surface area contributed by atoms with E-state index in [4.69, 9.17) is 0 Å². The molecule has 1 heterocycles. The van der Waals surface area contributed by atoms with Gasteiger partial charge in [-0.2, -0.15) is 0 Å². The van der Waals surface area contributed by atoms with Gasteiger partial charge < -0.3 is 4.90 Å². The zero-order chi connectivity index (χ0) is 10.7. The third kappa shape index (κ3) is 2.41. The molecule has 0 aromatic heterocycles. The Hall–Kier alpha value is -1.24. The number of rotatable bonds is 2. The van der Waals surface area contributed by atoms with Gasteiger partial charge in [-0.1, -0.05) is 30.3 Å². The highest BCUT2D eigenvalue weighted by atomic mass is 15.2. The van der Waals surface area contributed by atoms with Crippen molar-refractivity contribution in [3.8, 4) is 0 Å². The first-order valence-electron chi connectivity index (χ1n) is 5.77. The highest BCUT2D eigenvalue weighted by Gasteiger charge is 2.16. The SMILES string of the molecule is CC(=CN1CCC[C@H]1C)c1ccccc1. The van der Waals surface area contributed by atoms with Crippen LogP contribution in [-0.4, -0.2) is 17.5 Å². The van der Waals surface area contributed by atoms with Crippen LogP contribution in [-0.2, 0) is 0 Å². The fourth-order valence-electron chi connectivity index (χ4n) is 2.17. The molecule has 80 valence electrons. The number of benzene rings is 1. The monoisotopic (exact) mass is 201 g/mol. The molecular formula is C14H19N. The van der Waals surface area contributed by atoms with Gasteiger partial charge in [0.05, 0.1) is 0 Å². The van der Waals surface area contributed by atoms with Crippen LogP contribution >= 0.6 is 0 Å². The topological polar surface area (TPSA) is 3.24 Å². The molecule has 1 aliphatic heterocycles. The van der Waals surface area contributed by atoms with Crippen molar-refractivity contribution in [3.05, 3.63) is 42.1 Å². The van der Waals surface area contributed by atoms with Crippen molar-refractivity contribution in [1.82, 2.24) is 4.90 Å². The quantitative estimate of drug-likeness (QED) is 0.707. The summed E-state index contributed by atoms with van der Waals surface area (Å²) in [5, 5.41) is 0. The minimum atomic E-state index is 0.712. The van der Waals surface area contributed by atoms with Crippen LogP contribution in [0.5, 0.6) is 0 Å². The highest BCUT2D eigenvalue weighted by molar-refractivity contribution is 5.63. The fourth-order valence-corrected chi connectivity index (χ4v) is 2.17. The Morgan fingerprint density at radius 1 is 1.33 bits per heavy atom. The van der Waals surface area contributed by atoms with E-state index in [0.717, 1.165) is 0 Å². The maximum atomic E-state index is 2.46. The lowest BCUT2D eigenvalue weighted by atomic mass is 10.1. The predicted molar refractivity (Wildman–Crippen MR) is 65.5 cm³/mol. The molecule has 1 heteroatoms. The summed E-state index contributed by atoms with van der Waals surface area (Å²) < 4.78 is 0. The average molecular weight is 201 g/mol. The summed E-state index contributed by atoms with van der Waals surface area (Å²) in [4.78, 5) is 2.46. The third-order valence-electron chi connectivity index (χ3n) is 3.19. The predicted octanol–water partition coefficient (Wildman–Crippen LogP) is 3.53. The van der Waals surface area contributed by atoms with Crippen LogP contribution in [0.25, 0.3) is 5.57 Å². The first-order valence-corrected chi connectivity index (χ1v) is 5.77. The number of allylic oxidation sites excluding steroid dienone is 1. The average Bonchev–Trinajstić information content (AvgIpc) is 2.66. The third-order valence-corrected chi connectivity index (χ3v) is 3.19. The molecule has 15 heavy (non-hydrogen) atoms. The molecular weight excluding hydrogens is 182 g/mol. The van der Waals surface area contributed by atoms with E-state index in [2.05, 4.69) is 55.3 Å². The lowest BCUT2D eigenvalue weighted by Crippen LogP contribution is -2.20. The lowest BCUT2D eigenvalue weighted by molar-refractivity contribution is 0.373. The molecule has 1 aliphatic rings. The second-order valence-corrected chi connectivity index (χ2v) is 4.41. The van der Waals surface area contributed by atoms with E-state index in [1.54, 1.807) is 0 Å². The molecule has 0 amide bonds. The number of nitrogens with zero attached hydrogens (tertiary/aromatic N) is 1. The Labute approximate surface area is 92.4 Å². The zero-order valence-corrected chi connectivity index (χ0v) is 9.61. The molecule has 1 saturated heterocycles. The van der Waals surface area contributed by atoms with Crippen LogP contribution in [0.1, 0.15) is 32.3 Å². The Kier molecular flexibility index (Phi) is 3.10. The molecule has 0 radical (unpaired) electrons. The van der Waals surface area contributed by atoms with Crippen molar-refractivity contribution in [3.63, 3.8) is 0 Å². The van der Waals surface area contributed by atoms with Crippen molar-refractivity contribution >= 4 is 5.57 Å². The molecule has 1 aromatic rings. The normalized spacial score (nSPS) is 22.1. The van der Waals surface area contributed by atoms with Gasteiger partial charge >= 0.3 is 0 Å². The molecule has 1 fully saturated rings. The van der Waals surface area contributed by atoms with Crippen LogP contribution in [0, 0.1) is 0 Å². The molecule has 0 unspecified atom stereocenters. The Morgan fingerprint density at radius 2 is 2.07 bits per heavy atom. The largest absolute Gasteiger partial charge is 0.374 e. The first kappa shape index (κ1) is 10.3. The Bertz CT molecular complexity index is 340. The van der Waals surface area contributed by atoms with E-state index >= 15 is 0 Å². The van der Waals surface area contributed by atoms with Gasteiger partial charge in [0.1, 0.15) is 0 Å². The smallest absolute Gasteiger partial charge is 0.0256 e. The van der Waals surface area contributed by atoms with Gasteiger partial charge in [0.2, 0.25) is 0 Å². The van der Waals surface area contributed by atoms with Crippen molar-refractivity contribution in [1.29, 1.82) is 0 Å². The standard InChI is InChI=1S/C14H19N/c1-12(14-8-4-3-5-9-14)11-15-10-6-7-13(15)2/h3-5,8-9,11,13H,6-7,10H2,1-2H3/t13-/m1/s1. The van der Waals surface area contributed by atoms with Gasteiger partial charge in [0.25, 0.3) is 0 Å². The van der Waals surface area contributed by atoms with Crippen LogP contribution in [0.2, 0.25) is 0 Å². The molecule has 0 bridgehead atoms. The minimum absolute atomic E-state index is 0.712. The fraction of sp³-hybridized carbons (Fsp3) is 0.429. The summed E-state index contributed by atoms with van der Waals surface area (Å²) in [5.41, 5.74) is 2.70. The van der Waals surface area contributed by atoms with Gasteiger partial charge in [0.15, 0.2) is 0 Å². The molecule has 2 rings (SSSR count). The molecule has 0 saturated carbocycles. The van der Waals surface area contributed by atoms with E-state index in [0.29, 0.717) is 6.04 Å². The summed E-state index contributed by atoms with van der Waals surface area (Å²) in [6.07, 6.45) is 4.98. The van der Waals surface area contributed by atoms with Crippen molar-refractivity contribution < 1.29 is 0 Å². The summed E-state index contributed by atoms with van der Waals surface area (Å²) in [7, 11) is 0. The van der Waals surface area contributed by atoms with Crippen LogP contribution in [0.15, 0.2) is 36.5 Å². The van der Waals surface area contributed by atoms with E-state index in [1.807, 2.05) is 0 Å². The van der Waals surface area contributed by atoms with Crippen LogP contribution in [0.3, 0.4) is 0 Å². The van der Waals surface area contributed by atoms with Crippen LogP contribution in [0.4, 0.5) is 0 Å². The minimum Gasteiger partial charge on any atom is -0.374 e. The molecule has 0 aliphatic carbocycles. The van der Waals surface area contributed by atoms with Gasteiger partial charge in [-0.15, -0.1) is 0 Å². The second-order valence-electron chi connectivity index (χ2n) is 4.41. The van der Waals surface area contributed by atoms with Crippen molar-refractivity contribution in [2.75, 3.05) is 6.54 Å². The number of hydrogen-bond acceptors (Lipinski definition) is 1. The lowest BCUT2D eigenvalue weighted by Gasteiger charge is -2.20. The van der Waals surface area contributed by atoms with Crippen molar-refractivity contribution in [2.45, 2.75) is 32.7 Å². The maximum Gasteiger partial charge on any atom is 0.0256 e. The molecule has 1 nitrogen and oxygen atoms in total. The molecule has 1 aromatic carbocycles. The summed E-state index contributed by atoms with van der Waals surface area (Å²) in [6, 6.07) is 11.3. The van der Waals surface area contributed by atoms with Crippen LogP contribution < -0.4 is 0 Å². The van der Waals surface area contributed by atoms with Gasteiger partial charge in [0, 0.05) is 18.8 Å². The van der Waals surface area contributed by atoms with Gasteiger partial charge in [-0.05, 0) is 37.8 Å². The molecule has 0 N–H and O–H groups in total. The summed E-state index contributed by atoms with van der Waals surface area (Å²) in [5.74, 6) is 0. The summed E-state index contributed by atoms with van der Waals surface area (Å²) in [6.45, 7) is 5.72. The van der Waals surface area contributed by atoms with Gasteiger partial charge in [-0.25, -0.2) is 0 Å². The first-order chi connectivity index (χ1) is 7.27. The summed E-state index contributed by atoms with van der Waals surface area (Å²) >= 11 is 0. The van der Waals surface area contributed by atoms with Crippen molar-refractivity contribution in [2.24, 2.45) is 0 Å². The number of likely N-dealkylation sites (tertiary alicyclic amines) is 1. The Morgan fingerprint density at radius 3 is 2.67 bits per heavy atom. The molecule has 0 spiro atoms. The molecule has 1 atom stereocenters. The maximum absolute atomic E-state index is 2.46. The zero-order valence-electron chi connectivity index (χ0n) is 9.61. The van der Waals surface area contributed by atoms with Gasteiger partial charge in [-0.3, -0.25) is 0 Å². The highest BCUT2D eigenvalue weighted by Crippen LogP contribution is 2.21.